The number of carbonyl (C=O) groups excluding carboxylic acids is 2. The lowest BCUT2D eigenvalue weighted by Gasteiger charge is -2.18. The molecule has 3 aromatic rings. The van der Waals surface area contributed by atoms with Crippen LogP contribution in [0.4, 0.5) is 29.3 Å². The van der Waals surface area contributed by atoms with Crippen LogP contribution in [0.25, 0.3) is 0 Å². The molecule has 0 spiro atoms. The Morgan fingerprint density at radius 2 is 1.82 bits per heavy atom. The van der Waals surface area contributed by atoms with Gasteiger partial charge in [-0.3, -0.25) is 20.6 Å². The van der Waals surface area contributed by atoms with Crippen molar-refractivity contribution in [2.75, 3.05) is 45.0 Å². The molecule has 214 valence electrons. The molecule has 3 amide bonds. The summed E-state index contributed by atoms with van der Waals surface area (Å²) in [7, 11) is 5.10. The number of carbonyl (C=O) groups is 2. The lowest BCUT2D eigenvalue weighted by molar-refractivity contribution is -0.137. The van der Waals surface area contributed by atoms with Crippen molar-refractivity contribution in [1.82, 2.24) is 20.6 Å². The summed E-state index contributed by atoms with van der Waals surface area (Å²) in [6.07, 6.45) is -3.30. The number of alkyl halides is 3. The highest BCUT2D eigenvalue weighted by atomic mass is 35.5. The number of amides is 3. The van der Waals surface area contributed by atoms with E-state index in [1.54, 1.807) is 31.2 Å². The van der Waals surface area contributed by atoms with Gasteiger partial charge in [0.2, 0.25) is 0 Å². The first-order chi connectivity index (χ1) is 18.9. The fourth-order valence-electron chi connectivity index (χ4n) is 3.25. The highest BCUT2D eigenvalue weighted by molar-refractivity contribution is 6.31. The van der Waals surface area contributed by atoms with E-state index in [9.17, 15) is 22.8 Å². The number of hydrogen-bond donors (Lipinski definition) is 4. The summed E-state index contributed by atoms with van der Waals surface area (Å²) in [6, 6.07) is 8.90. The Balaban J connectivity index is 1.72. The Kier molecular flexibility index (Phi) is 10.0. The van der Waals surface area contributed by atoms with Crippen molar-refractivity contribution in [1.29, 1.82) is 0 Å². The molecule has 1 heterocycles. The molecule has 14 heteroatoms. The van der Waals surface area contributed by atoms with E-state index >= 15 is 0 Å². The van der Waals surface area contributed by atoms with E-state index in [0.717, 1.165) is 11.6 Å². The highest BCUT2D eigenvalue weighted by Gasteiger charge is 2.34. The number of pyridine rings is 1. The molecule has 0 unspecified atom stereocenters. The van der Waals surface area contributed by atoms with E-state index in [1.165, 1.54) is 19.3 Å². The van der Waals surface area contributed by atoms with Crippen molar-refractivity contribution < 1.29 is 32.2 Å². The average Bonchev–Trinajstić information content (AvgIpc) is 2.89. The molecule has 0 aliphatic carbocycles. The summed E-state index contributed by atoms with van der Waals surface area (Å²) in [6.45, 7) is 2.43. The van der Waals surface area contributed by atoms with Crippen LogP contribution in [0.3, 0.4) is 0 Å². The fraction of sp³-hybridized carbons (Fsp3) is 0.269. The highest BCUT2D eigenvalue weighted by Crippen LogP contribution is 2.40. The first-order valence-corrected chi connectivity index (χ1v) is 12.2. The molecular formula is C26H28ClF3N6O4. The van der Waals surface area contributed by atoms with Gasteiger partial charge in [-0.1, -0.05) is 17.7 Å². The first-order valence-electron chi connectivity index (χ1n) is 11.8. The lowest BCUT2D eigenvalue weighted by atomic mass is 10.1. The second kappa shape index (κ2) is 13.2. The molecule has 2 aromatic carbocycles. The number of benzene rings is 2. The Bertz CT molecular complexity index is 1370. The summed E-state index contributed by atoms with van der Waals surface area (Å²) in [4.78, 5) is 30.3. The molecule has 0 aliphatic rings. The number of likely N-dealkylation sites (N-methyl/N-ethyl adjacent to an activating group) is 1. The number of anilines is 2. The number of hydrogen-bond acceptors (Lipinski definition) is 7. The van der Waals surface area contributed by atoms with Crippen LogP contribution in [0.1, 0.15) is 21.6 Å². The summed E-state index contributed by atoms with van der Waals surface area (Å²) in [5, 5.41) is 4.29. The second-order valence-corrected chi connectivity index (χ2v) is 9.13. The van der Waals surface area contributed by atoms with Crippen molar-refractivity contribution in [3.8, 4) is 17.2 Å². The van der Waals surface area contributed by atoms with E-state index < -0.39 is 22.8 Å². The molecule has 4 N–H and O–H groups in total. The van der Waals surface area contributed by atoms with Crippen LogP contribution in [0.2, 0.25) is 5.02 Å². The monoisotopic (exact) mass is 580 g/mol. The predicted molar refractivity (Wildman–Crippen MR) is 145 cm³/mol. The number of rotatable bonds is 10. The summed E-state index contributed by atoms with van der Waals surface area (Å²) in [5.74, 6) is 0.395. The molecule has 0 aliphatic heterocycles. The Hall–Kier alpha value is -4.23. The van der Waals surface area contributed by atoms with Gasteiger partial charge in [0, 0.05) is 38.0 Å². The van der Waals surface area contributed by atoms with Crippen LogP contribution in [-0.4, -0.2) is 56.1 Å². The first kappa shape index (κ1) is 30.3. The van der Waals surface area contributed by atoms with E-state index in [2.05, 4.69) is 26.5 Å². The maximum Gasteiger partial charge on any atom is 0.417 e. The van der Waals surface area contributed by atoms with Gasteiger partial charge in [0.1, 0.15) is 29.5 Å². The third kappa shape index (κ3) is 8.38. The number of hydrazine groups is 1. The molecule has 3 rings (SSSR count). The zero-order valence-corrected chi connectivity index (χ0v) is 22.8. The predicted octanol–water partition coefficient (Wildman–Crippen LogP) is 5.30. The number of urea groups is 1. The van der Waals surface area contributed by atoms with Gasteiger partial charge in [-0.2, -0.15) is 13.2 Å². The number of aromatic nitrogens is 1. The SMILES string of the molecule is CNC(=O)c1cc(Oc2cc(NNC(=O)Nc3cc(C(F)(F)F)c(Cl)cc3OCCN(C)C)ccc2C)ccn1. The zero-order valence-electron chi connectivity index (χ0n) is 22.1. The van der Waals surface area contributed by atoms with Crippen molar-refractivity contribution in [2.24, 2.45) is 0 Å². The van der Waals surface area contributed by atoms with Crippen molar-refractivity contribution >= 4 is 34.9 Å². The minimum atomic E-state index is -4.74. The summed E-state index contributed by atoms with van der Waals surface area (Å²) in [5.41, 5.74) is 5.05. The van der Waals surface area contributed by atoms with E-state index in [1.807, 2.05) is 19.0 Å². The van der Waals surface area contributed by atoms with Crippen LogP contribution in [0, 0.1) is 6.92 Å². The average molecular weight is 581 g/mol. The molecule has 0 saturated heterocycles. The Morgan fingerprint density at radius 3 is 2.50 bits per heavy atom. The van der Waals surface area contributed by atoms with E-state index in [4.69, 9.17) is 21.1 Å². The standard InChI is InChI=1S/C26H28ClF3N6O4/c1-15-5-6-16(11-22(15)40-17-7-8-32-21(12-17)24(37)31-2)34-35-25(38)33-20-13-18(26(28,29)30)19(27)14-23(20)39-10-9-36(3)4/h5-8,11-14,34H,9-10H2,1-4H3,(H,31,37)(H2,33,35,38). The molecule has 0 bridgehead atoms. The minimum absolute atomic E-state index is 0.0190. The number of halogens is 4. The quantitative estimate of drug-likeness (QED) is 0.240. The number of nitrogens with zero attached hydrogens (tertiary/aromatic N) is 2. The van der Waals surface area contributed by atoms with Gasteiger partial charge in [-0.25, -0.2) is 4.79 Å². The van der Waals surface area contributed by atoms with Crippen LogP contribution >= 0.6 is 11.6 Å². The van der Waals surface area contributed by atoms with Crippen LogP contribution < -0.4 is 31.0 Å². The zero-order chi connectivity index (χ0) is 29.4. The second-order valence-electron chi connectivity index (χ2n) is 8.72. The smallest absolute Gasteiger partial charge is 0.417 e. The maximum atomic E-state index is 13.4. The van der Waals surface area contributed by atoms with Crippen LogP contribution in [0.5, 0.6) is 17.2 Å². The van der Waals surface area contributed by atoms with Gasteiger partial charge in [0.15, 0.2) is 0 Å². The van der Waals surface area contributed by atoms with Crippen LogP contribution in [-0.2, 0) is 6.18 Å². The molecule has 1 aromatic heterocycles. The molecule has 40 heavy (non-hydrogen) atoms. The molecule has 0 radical (unpaired) electrons. The van der Waals surface area contributed by atoms with Gasteiger partial charge < -0.3 is 25.0 Å². The lowest BCUT2D eigenvalue weighted by Crippen LogP contribution is -2.33. The number of ether oxygens (including phenoxy) is 2. The third-order valence-electron chi connectivity index (χ3n) is 5.35. The fourth-order valence-corrected chi connectivity index (χ4v) is 3.51. The summed E-state index contributed by atoms with van der Waals surface area (Å²) >= 11 is 5.84. The van der Waals surface area contributed by atoms with Crippen molar-refractivity contribution in [2.45, 2.75) is 13.1 Å². The van der Waals surface area contributed by atoms with E-state index in [0.29, 0.717) is 29.8 Å². The van der Waals surface area contributed by atoms with Gasteiger partial charge in [-0.05, 0) is 44.8 Å². The van der Waals surface area contributed by atoms with E-state index in [-0.39, 0.29) is 29.6 Å². The molecule has 10 nitrogen and oxygen atoms in total. The normalized spacial score (nSPS) is 11.1. The Labute approximate surface area is 233 Å². The largest absolute Gasteiger partial charge is 0.490 e. The molecular weight excluding hydrogens is 553 g/mol. The maximum absolute atomic E-state index is 13.4. The van der Waals surface area contributed by atoms with Gasteiger partial charge in [0.05, 0.1) is 22.0 Å². The summed E-state index contributed by atoms with van der Waals surface area (Å²) < 4.78 is 51.7. The van der Waals surface area contributed by atoms with Crippen molar-refractivity contribution in [3.63, 3.8) is 0 Å². The third-order valence-corrected chi connectivity index (χ3v) is 5.66. The van der Waals surface area contributed by atoms with Gasteiger partial charge in [-0.15, -0.1) is 0 Å². The van der Waals surface area contributed by atoms with Crippen LogP contribution in [0.15, 0.2) is 48.7 Å². The van der Waals surface area contributed by atoms with Gasteiger partial charge in [0.25, 0.3) is 5.91 Å². The molecule has 0 atom stereocenters. The van der Waals surface area contributed by atoms with Crippen molar-refractivity contribution in [3.05, 3.63) is 70.5 Å². The topological polar surface area (TPSA) is 117 Å². The number of nitrogens with one attached hydrogen (secondary N) is 4. The molecule has 0 saturated carbocycles. The number of aryl methyl sites for hydroxylation is 1. The molecule has 0 fully saturated rings. The van der Waals surface area contributed by atoms with Gasteiger partial charge >= 0.3 is 12.2 Å². The minimum Gasteiger partial charge on any atom is -0.490 e. The Morgan fingerprint density at radius 1 is 1.07 bits per heavy atom.